The molecule has 0 aromatic rings. The molecule has 0 radical (unpaired) electrons. The third kappa shape index (κ3) is 22.1. The second kappa shape index (κ2) is 24.1. The lowest BCUT2D eigenvalue weighted by atomic mass is 10.1. The Labute approximate surface area is 242 Å². The number of carboxylic acids is 1. The van der Waals surface area contributed by atoms with Crippen molar-refractivity contribution in [3.05, 3.63) is 48.6 Å². The fourth-order valence-electron chi connectivity index (χ4n) is 3.69. The standard InChI is InChI=1S/C32H53NO7/c1-6-8-10-12-14-15-17-19-21-23-31(35)40-28(26-38-25-24-29(32(36)37)33(3,4)5)27-39-30(34)22-20-18-16-13-11-9-7-2/h8-11,14-16,18,28-29H,6-7,12-13,17,19-27H2,1-5H3/b10-8+,11-9+,15-14+,18-16+. The Kier molecular flexibility index (Phi) is 22.5. The van der Waals surface area contributed by atoms with Crippen molar-refractivity contribution in [3.8, 4) is 0 Å². The highest BCUT2D eigenvalue weighted by molar-refractivity contribution is 5.70. The van der Waals surface area contributed by atoms with E-state index in [0.717, 1.165) is 38.5 Å². The van der Waals surface area contributed by atoms with Gasteiger partial charge in [0.1, 0.15) is 12.6 Å². The molecule has 8 nitrogen and oxygen atoms in total. The summed E-state index contributed by atoms with van der Waals surface area (Å²) in [6.07, 6.45) is 23.4. The average molecular weight is 564 g/mol. The molecule has 8 heteroatoms. The first kappa shape index (κ1) is 37.3. The number of allylic oxidation sites excluding steroid dienone is 8. The van der Waals surface area contributed by atoms with Crippen LogP contribution in [0.2, 0.25) is 0 Å². The Morgan fingerprint density at radius 1 is 0.750 bits per heavy atom. The highest BCUT2D eigenvalue weighted by atomic mass is 16.6. The number of carbonyl (C=O) groups excluding carboxylic acids is 3. The third-order valence-electron chi connectivity index (χ3n) is 5.97. The summed E-state index contributed by atoms with van der Waals surface area (Å²) < 4.78 is 16.8. The molecule has 0 bridgehead atoms. The van der Waals surface area contributed by atoms with Gasteiger partial charge in [0.05, 0.1) is 40.3 Å². The van der Waals surface area contributed by atoms with Crippen LogP contribution in [0.15, 0.2) is 48.6 Å². The lowest BCUT2D eigenvalue weighted by Gasteiger charge is -2.34. The summed E-state index contributed by atoms with van der Waals surface area (Å²) in [7, 11) is 5.34. The van der Waals surface area contributed by atoms with Crippen LogP contribution in [0.3, 0.4) is 0 Å². The molecular weight excluding hydrogens is 510 g/mol. The highest BCUT2D eigenvalue weighted by Gasteiger charge is 2.25. The van der Waals surface area contributed by atoms with Crippen molar-refractivity contribution in [2.45, 2.75) is 96.6 Å². The molecule has 228 valence electrons. The summed E-state index contributed by atoms with van der Waals surface area (Å²) in [5.74, 6) is -1.89. The second-order valence-electron chi connectivity index (χ2n) is 10.6. The van der Waals surface area contributed by atoms with Crippen molar-refractivity contribution in [2.24, 2.45) is 0 Å². The van der Waals surface area contributed by atoms with Gasteiger partial charge in [-0.25, -0.2) is 0 Å². The zero-order chi connectivity index (χ0) is 30.1. The Morgan fingerprint density at radius 3 is 1.93 bits per heavy atom. The van der Waals surface area contributed by atoms with Crippen molar-refractivity contribution in [1.82, 2.24) is 0 Å². The van der Waals surface area contributed by atoms with Gasteiger partial charge >= 0.3 is 11.9 Å². The average Bonchev–Trinajstić information content (AvgIpc) is 2.89. The van der Waals surface area contributed by atoms with E-state index in [0.29, 0.717) is 12.8 Å². The van der Waals surface area contributed by atoms with Crippen LogP contribution in [0.1, 0.15) is 84.5 Å². The van der Waals surface area contributed by atoms with E-state index in [1.54, 1.807) is 21.1 Å². The maximum atomic E-state index is 12.4. The summed E-state index contributed by atoms with van der Waals surface area (Å²) >= 11 is 0. The fourth-order valence-corrected chi connectivity index (χ4v) is 3.69. The summed E-state index contributed by atoms with van der Waals surface area (Å²) in [5, 5.41) is 11.5. The van der Waals surface area contributed by atoms with Crippen molar-refractivity contribution < 1.29 is 38.2 Å². The number of carboxylic acid groups (broad SMARTS) is 1. The van der Waals surface area contributed by atoms with Crippen LogP contribution in [0.5, 0.6) is 0 Å². The van der Waals surface area contributed by atoms with Gasteiger partial charge < -0.3 is 28.6 Å². The number of hydrogen-bond donors (Lipinski definition) is 0. The predicted molar refractivity (Wildman–Crippen MR) is 157 cm³/mol. The smallest absolute Gasteiger partial charge is 0.306 e. The van der Waals surface area contributed by atoms with Crippen LogP contribution in [0, 0.1) is 0 Å². The molecule has 0 aliphatic carbocycles. The summed E-state index contributed by atoms with van der Waals surface area (Å²) in [6, 6.07) is -0.735. The van der Waals surface area contributed by atoms with E-state index in [1.807, 2.05) is 12.2 Å². The number of carbonyl (C=O) groups is 3. The quantitative estimate of drug-likeness (QED) is 0.0717. The van der Waals surface area contributed by atoms with E-state index in [-0.39, 0.29) is 55.5 Å². The largest absolute Gasteiger partial charge is 0.544 e. The molecule has 0 N–H and O–H groups in total. The SMILES string of the molecule is CC/C=C/C/C=C/CCCCC(=O)OC(COCCC(C(=O)[O-])[N+](C)(C)C)COC(=O)CC/C=C/C/C=C/CC. The van der Waals surface area contributed by atoms with E-state index in [4.69, 9.17) is 14.2 Å². The molecule has 0 aliphatic heterocycles. The molecule has 2 atom stereocenters. The molecule has 0 fully saturated rings. The molecule has 0 aromatic heterocycles. The fraction of sp³-hybridized carbons (Fsp3) is 0.656. The minimum atomic E-state index is -1.14. The Hall–Kier alpha value is -2.71. The summed E-state index contributed by atoms with van der Waals surface area (Å²) in [6.45, 7) is 4.22. The minimum Gasteiger partial charge on any atom is -0.544 e. The van der Waals surface area contributed by atoms with Crippen LogP contribution >= 0.6 is 0 Å². The van der Waals surface area contributed by atoms with E-state index in [9.17, 15) is 19.5 Å². The maximum Gasteiger partial charge on any atom is 0.306 e. The van der Waals surface area contributed by atoms with Gasteiger partial charge in [-0.1, -0.05) is 62.5 Å². The first-order valence-electron chi connectivity index (χ1n) is 14.7. The number of hydrogen-bond acceptors (Lipinski definition) is 7. The Balaban J connectivity index is 4.68. The van der Waals surface area contributed by atoms with Gasteiger partial charge in [-0.2, -0.15) is 0 Å². The summed E-state index contributed by atoms with van der Waals surface area (Å²) in [5.41, 5.74) is 0. The number of unbranched alkanes of at least 4 members (excludes halogenated alkanes) is 2. The lowest BCUT2D eigenvalue weighted by Crippen LogP contribution is -2.55. The zero-order valence-electron chi connectivity index (χ0n) is 25.5. The molecule has 2 unspecified atom stereocenters. The normalized spacial score (nSPS) is 13.9. The molecule has 40 heavy (non-hydrogen) atoms. The lowest BCUT2D eigenvalue weighted by molar-refractivity contribution is -0.889. The number of likely N-dealkylation sites (N-methyl/N-ethyl adjacent to an activating group) is 1. The third-order valence-corrected chi connectivity index (χ3v) is 5.97. The van der Waals surface area contributed by atoms with Crippen molar-refractivity contribution in [1.29, 1.82) is 0 Å². The van der Waals surface area contributed by atoms with Crippen LogP contribution < -0.4 is 5.11 Å². The topological polar surface area (TPSA) is 102 Å². The van der Waals surface area contributed by atoms with Crippen LogP contribution in [0.4, 0.5) is 0 Å². The first-order chi connectivity index (χ1) is 19.1. The minimum absolute atomic E-state index is 0.00755. The number of aliphatic carboxylic acids is 1. The molecule has 0 saturated carbocycles. The van der Waals surface area contributed by atoms with E-state index in [2.05, 4.69) is 50.3 Å². The van der Waals surface area contributed by atoms with Gasteiger partial charge in [0.25, 0.3) is 0 Å². The van der Waals surface area contributed by atoms with Gasteiger partial charge in [-0.3, -0.25) is 9.59 Å². The molecular formula is C32H53NO7. The second-order valence-corrected chi connectivity index (χ2v) is 10.6. The molecule has 0 amide bonds. The molecule has 0 rings (SSSR count). The van der Waals surface area contributed by atoms with Crippen LogP contribution in [-0.2, 0) is 28.6 Å². The van der Waals surface area contributed by atoms with Crippen molar-refractivity contribution in [2.75, 3.05) is 41.0 Å². The molecule has 0 spiro atoms. The Morgan fingerprint density at radius 2 is 1.35 bits per heavy atom. The van der Waals surface area contributed by atoms with Gasteiger partial charge in [0.15, 0.2) is 6.10 Å². The van der Waals surface area contributed by atoms with Gasteiger partial charge in [0.2, 0.25) is 0 Å². The number of rotatable bonds is 24. The molecule has 0 heterocycles. The van der Waals surface area contributed by atoms with Crippen molar-refractivity contribution in [3.63, 3.8) is 0 Å². The monoisotopic (exact) mass is 563 g/mol. The van der Waals surface area contributed by atoms with E-state index in [1.165, 1.54) is 0 Å². The molecule has 0 saturated heterocycles. The van der Waals surface area contributed by atoms with Crippen LogP contribution in [0.25, 0.3) is 0 Å². The van der Waals surface area contributed by atoms with Gasteiger partial charge in [-0.15, -0.1) is 0 Å². The van der Waals surface area contributed by atoms with Crippen LogP contribution in [-0.4, -0.2) is 75.5 Å². The summed E-state index contributed by atoms with van der Waals surface area (Å²) in [4.78, 5) is 36.1. The zero-order valence-corrected chi connectivity index (χ0v) is 25.5. The highest BCUT2D eigenvalue weighted by Crippen LogP contribution is 2.09. The molecule has 0 aromatic carbocycles. The van der Waals surface area contributed by atoms with Gasteiger partial charge in [0, 0.05) is 19.3 Å². The van der Waals surface area contributed by atoms with Crippen molar-refractivity contribution >= 4 is 17.9 Å². The maximum absolute atomic E-state index is 12.4. The number of ether oxygens (including phenoxy) is 3. The van der Waals surface area contributed by atoms with Gasteiger partial charge in [-0.05, 0) is 51.4 Å². The number of esters is 2. The predicted octanol–water partition coefficient (Wildman–Crippen LogP) is 4.84. The first-order valence-corrected chi connectivity index (χ1v) is 14.7. The number of quaternary nitrogens is 1. The number of nitrogens with zero attached hydrogens (tertiary/aromatic N) is 1. The van der Waals surface area contributed by atoms with E-state index >= 15 is 0 Å². The Bertz CT molecular complexity index is 809. The van der Waals surface area contributed by atoms with E-state index < -0.39 is 18.1 Å². The molecule has 0 aliphatic rings.